The van der Waals surface area contributed by atoms with Crippen molar-refractivity contribution in [3.05, 3.63) is 29.3 Å². The van der Waals surface area contributed by atoms with E-state index in [0.717, 1.165) is 12.1 Å². The zero-order valence-electron chi connectivity index (χ0n) is 10.4. The first-order valence-electron chi connectivity index (χ1n) is 5.45. The second-order valence-corrected chi connectivity index (χ2v) is 4.14. The standard InChI is InChI=1S/C12H15F3N2O/c1-7(2)17-11(18)9-6-8(12(13,14)15)4-5-10(9)16-3/h4-7,16H,1-3H3,(H,17,18). The van der Waals surface area contributed by atoms with E-state index in [4.69, 9.17) is 0 Å². The summed E-state index contributed by atoms with van der Waals surface area (Å²) in [7, 11) is 1.55. The van der Waals surface area contributed by atoms with Gasteiger partial charge in [0.15, 0.2) is 0 Å². The van der Waals surface area contributed by atoms with E-state index in [-0.39, 0.29) is 11.6 Å². The van der Waals surface area contributed by atoms with Gasteiger partial charge < -0.3 is 10.6 Å². The van der Waals surface area contributed by atoms with Gasteiger partial charge in [0.2, 0.25) is 0 Å². The Hall–Kier alpha value is -1.72. The molecule has 0 aliphatic carbocycles. The predicted molar refractivity (Wildman–Crippen MR) is 63.6 cm³/mol. The third kappa shape index (κ3) is 3.38. The first kappa shape index (κ1) is 14.3. The molecule has 1 aromatic rings. The van der Waals surface area contributed by atoms with Crippen molar-refractivity contribution in [1.29, 1.82) is 0 Å². The highest BCUT2D eigenvalue weighted by atomic mass is 19.4. The van der Waals surface area contributed by atoms with Crippen LogP contribution < -0.4 is 10.6 Å². The molecule has 1 rings (SSSR count). The number of carbonyl (C=O) groups excluding carboxylic acids is 1. The van der Waals surface area contributed by atoms with E-state index in [9.17, 15) is 18.0 Å². The molecule has 0 spiro atoms. The Labute approximate surface area is 103 Å². The summed E-state index contributed by atoms with van der Waals surface area (Å²) < 4.78 is 37.7. The summed E-state index contributed by atoms with van der Waals surface area (Å²) in [5, 5.41) is 5.27. The fraction of sp³-hybridized carbons (Fsp3) is 0.417. The molecule has 0 saturated carbocycles. The second-order valence-electron chi connectivity index (χ2n) is 4.14. The molecule has 1 amide bonds. The average Bonchev–Trinajstić information content (AvgIpc) is 2.26. The summed E-state index contributed by atoms with van der Waals surface area (Å²) in [5.41, 5.74) is -0.488. The van der Waals surface area contributed by atoms with Gasteiger partial charge in [0, 0.05) is 18.8 Å². The van der Waals surface area contributed by atoms with Crippen LogP contribution in [0.2, 0.25) is 0 Å². The first-order chi connectivity index (χ1) is 8.25. The van der Waals surface area contributed by atoms with Crippen LogP contribution in [0.1, 0.15) is 29.8 Å². The Kier molecular flexibility index (Phi) is 4.21. The number of hydrogen-bond donors (Lipinski definition) is 2. The molecule has 3 nitrogen and oxygen atoms in total. The van der Waals surface area contributed by atoms with Gasteiger partial charge in [-0.05, 0) is 32.0 Å². The lowest BCUT2D eigenvalue weighted by Gasteiger charge is -2.14. The number of nitrogens with one attached hydrogen (secondary N) is 2. The smallest absolute Gasteiger partial charge is 0.387 e. The minimum atomic E-state index is -4.46. The number of carbonyl (C=O) groups is 1. The van der Waals surface area contributed by atoms with Crippen molar-refractivity contribution >= 4 is 11.6 Å². The molecule has 0 saturated heterocycles. The van der Waals surface area contributed by atoms with Gasteiger partial charge in [0.25, 0.3) is 5.91 Å². The minimum Gasteiger partial charge on any atom is -0.387 e. The Balaban J connectivity index is 3.18. The van der Waals surface area contributed by atoms with Crippen molar-refractivity contribution in [1.82, 2.24) is 5.32 Å². The largest absolute Gasteiger partial charge is 0.416 e. The van der Waals surface area contributed by atoms with E-state index < -0.39 is 17.6 Å². The molecule has 0 unspecified atom stereocenters. The molecule has 0 heterocycles. The molecular formula is C12H15F3N2O. The highest BCUT2D eigenvalue weighted by Gasteiger charge is 2.31. The summed E-state index contributed by atoms with van der Waals surface area (Å²) in [6, 6.07) is 2.90. The van der Waals surface area contributed by atoms with Gasteiger partial charge in [-0.2, -0.15) is 13.2 Å². The van der Waals surface area contributed by atoms with Crippen molar-refractivity contribution in [2.45, 2.75) is 26.1 Å². The third-order valence-corrected chi connectivity index (χ3v) is 2.28. The van der Waals surface area contributed by atoms with Crippen LogP contribution in [0.3, 0.4) is 0 Å². The van der Waals surface area contributed by atoms with E-state index in [1.54, 1.807) is 20.9 Å². The fourth-order valence-corrected chi connectivity index (χ4v) is 1.47. The van der Waals surface area contributed by atoms with Crippen molar-refractivity contribution in [3.8, 4) is 0 Å². The van der Waals surface area contributed by atoms with E-state index in [0.29, 0.717) is 5.69 Å². The van der Waals surface area contributed by atoms with Crippen LogP contribution in [0.5, 0.6) is 0 Å². The number of amides is 1. The van der Waals surface area contributed by atoms with Crippen molar-refractivity contribution in [3.63, 3.8) is 0 Å². The second kappa shape index (κ2) is 5.29. The first-order valence-corrected chi connectivity index (χ1v) is 5.45. The van der Waals surface area contributed by atoms with Gasteiger partial charge >= 0.3 is 6.18 Å². The molecule has 6 heteroatoms. The van der Waals surface area contributed by atoms with Gasteiger partial charge in [0.1, 0.15) is 0 Å². The highest BCUT2D eigenvalue weighted by Crippen LogP contribution is 2.31. The number of halogens is 3. The Bertz CT molecular complexity index is 441. The Morgan fingerprint density at radius 1 is 1.28 bits per heavy atom. The minimum absolute atomic E-state index is 0.0129. The van der Waals surface area contributed by atoms with Crippen LogP contribution in [0, 0.1) is 0 Å². The van der Waals surface area contributed by atoms with Gasteiger partial charge in [-0.1, -0.05) is 0 Å². The van der Waals surface area contributed by atoms with Crippen LogP contribution in [-0.2, 0) is 6.18 Å². The molecule has 0 atom stereocenters. The number of benzene rings is 1. The molecule has 0 aliphatic heterocycles. The lowest BCUT2D eigenvalue weighted by atomic mass is 10.1. The maximum absolute atomic E-state index is 12.6. The number of rotatable bonds is 3. The van der Waals surface area contributed by atoms with Crippen LogP contribution in [0.25, 0.3) is 0 Å². The fourth-order valence-electron chi connectivity index (χ4n) is 1.47. The Morgan fingerprint density at radius 2 is 1.89 bits per heavy atom. The predicted octanol–water partition coefficient (Wildman–Crippen LogP) is 2.89. The molecule has 100 valence electrons. The van der Waals surface area contributed by atoms with Crippen molar-refractivity contribution < 1.29 is 18.0 Å². The molecule has 2 N–H and O–H groups in total. The van der Waals surface area contributed by atoms with Crippen molar-refractivity contribution in [2.24, 2.45) is 0 Å². The normalized spacial score (nSPS) is 11.5. The van der Waals surface area contributed by atoms with Gasteiger partial charge in [-0.15, -0.1) is 0 Å². The summed E-state index contributed by atoms with van der Waals surface area (Å²) >= 11 is 0. The van der Waals surface area contributed by atoms with Gasteiger partial charge in [0.05, 0.1) is 11.1 Å². The molecule has 0 radical (unpaired) electrons. The summed E-state index contributed by atoms with van der Waals surface area (Å²) in [4.78, 5) is 11.8. The van der Waals surface area contributed by atoms with Crippen LogP contribution in [0.4, 0.5) is 18.9 Å². The quantitative estimate of drug-likeness (QED) is 0.877. The number of alkyl halides is 3. The SMILES string of the molecule is CNc1ccc(C(F)(F)F)cc1C(=O)NC(C)C. The molecule has 18 heavy (non-hydrogen) atoms. The highest BCUT2D eigenvalue weighted by molar-refractivity contribution is 6.00. The molecular weight excluding hydrogens is 245 g/mol. The van der Waals surface area contributed by atoms with Crippen LogP contribution in [0.15, 0.2) is 18.2 Å². The molecule has 1 aromatic carbocycles. The molecule has 0 aliphatic rings. The zero-order valence-corrected chi connectivity index (χ0v) is 10.4. The van der Waals surface area contributed by atoms with E-state index in [1.165, 1.54) is 6.07 Å². The maximum Gasteiger partial charge on any atom is 0.416 e. The number of anilines is 1. The Morgan fingerprint density at radius 3 is 2.33 bits per heavy atom. The zero-order chi connectivity index (χ0) is 13.9. The third-order valence-electron chi connectivity index (χ3n) is 2.28. The topological polar surface area (TPSA) is 41.1 Å². The monoisotopic (exact) mass is 260 g/mol. The maximum atomic E-state index is 12.6. The van der Waals surface area contributed by atoms with Crippen molar-refractivity contribution in [2.75, 3.05) is 12.4 Å². The summed E-state index contributed by atoms with van der Waals surface area (Å²) in [6.45, 7) is 3.48. The molecule has 0 fully saturated rings. The van der Waals surface area contributed by atoms with Gasteiger partial charge in [-0.25, -0.2) is 0 Å². The van der Waals surface area contributed by atoms with Crippen LogP contribution >= 0.6 is 0 Å². The summed E-state index contributed by atoms with van der Waals surface area (Å²) in [6.07, 6.45) is -4.46. The summed E-state index contributed by atoms with van der Waals surface area (Å²) in [5.74, 6) is -0.527. The molecule has 0 bridgehead atoms. The van der Waals surface area contributed by atoms with E-state index in [1.807, 2.05) is 0 Å². The lowest BCUT2D eigenvalue weighted by Crippen LogP contribution is -2.30. The van der Waals surface area contributed by atoms with E-state index >= 15 is 0 Å². The lowest BCUT2D eigenvalue weighted by molar-refractivity contribution is -0.137. The van der Waals surface area contributed by atoms with Crippen LogP contribution in [-0.4, -0.2) is 19.0 Å². The van der Waals surface area contributed by atoms with E-state index in [2.05, 4.69) is 10.6 Å². The molecule has 0 aromatic heterocycles. The number of hydrogen-bond acceptors (Lipinski definition) is 2. The van der Waals surface area contributed by atoms with Gasteiger partial charge in [-0.3, -0.25) is 4.79 Å². The average molecular weight is 260 g/mol.